The number of rotatable bonds is 2. The van der Waals surface area contributed by atoms with Crippen LogP contribution in [0.4, 0.5) is 0 Å². The summed E-state index contributed by atoms with van der Waals surface area (Å²) in [6, 6.07) is 10.8. The summed E-state index contributed by atoms with van der Waals surface area (Å²) in [5.41, 5.74) is 2.67. The van der Waals surface area contributed by atoms with Crippen LogP contribution < -0.4 is 5.32 Å². The molecule has 0 saturated heterocycles. The molecule has 1 nitrogen and oxygen atoms in total. The second-order valence-corrected chi connectivity index (χ2v) is 3.49. The van der Waals surface area contributed by atoms with Crippen LogP contribution in [0.15, 0.2) is 54.3 Å². The summed E-state index contributed by atoms with van der Waals surface area (Å²) in [4.78, 5) is 0. The zero-order valence-electron chi connectivity index (χ0n) is 8.40. The molecule has 0 aliphatic carbocycles. The molecule has 0 saturated carbocycles. The minimum Gasteiger partial charge on any atom is -0.380 e. The molecule has 2 rings (SSSR count). The molecule has 1 heteroatoms. The molecule has 14 heavy (non-hydrogen) atoms. The first-order chi connectivity index (χ1) is 6.90. The summed E-state index contributed by atoms with van der Waals surface area (Å²) in [7, 11) is 0. The van der Waals surface area contributed by atoms with E-state index in [2.05, 4.69) is 54.9 Å². The Morgan fingerprint density at radius 3 is 2.57 bits per heavy atom. The molecule has 0 bridgehead atoms. The molecule has 0 amide bonds. The number of hydrogen-bond acceptors (Lipinski definition) is 1. The van der Waals surface area contributed by atoms with Gasteiger partial charge < -0.3 is 5.32 Å². The predicted octanol–water partition coefficient (Wildman–Crippen LogP) is 3.18. The van der Waals surface area contributed by atoms with Crippen molar-refractivity contribution in [2.24, 2.45) is 0 Å². The Bertz CT molecular complexity index is 349. The summed E-state index contributed by atoms with van der Waals surface area (Å²) in [5.74, 6) is 0. The monoisotopic (exact) mass is 185 g/mol. The first kappa shape index (κ1) is 9.07. The van der Waals surface area contributed by atoms with Crippen LogP contribution in [-0.4, -0.2) is 0 Å². The Balaban J connectivity index is 2.11. The Hall–Kier alpha value is -1.50. The molecule has 1 aromatic rings. The average Bonchev–Trinajstić information content (AvgIpc) is 2.30. The van der Waals surface area contributed by atoms with Crippen LogP contribution in [0.1, 0.15) is 24.9 Å². The lowest BCUT2D eigenvalue weighted by Crippen LogP contribution is -2.16. The van der Waals surface area contributed by atoms with Gasteiger partial charge in [-0.2, -0.15) is 0 Å². The first-order valence-corrected chi connectivity index (χ1v) is 5.08. The van der Waals surface area contributed by atoms with Gasteiger partial charge in [0.1, 0.15) is 0 Å². The highest BCUT2D eigenvalue weighted by molar-refractivity contribution is 5.31. The standard InChI is InChI=1S/C13H15N/c1-2-11-8-9-13(14-10-11)12-6-4-3-5-7-12/h3-10,13-14H,2H2,1H3. The summed E-state index contributed by atoms with van der Waals surface area (Å²) in [6.45, 7) is 2.17. The highest BCUT2D eigenvalue weighted by Gasteiger charge is 2.07. The molecule has 0 spiro atoms. The predicted molar refractivity (Wildman–Crippen MR) is 59.8 cm³/mol. The average molecular weight is 185 g/mol. The third-order valence-corrected chi connectivity index (χ3v) is 2.52. The molecule has 1 aliphatic heterocycles. The minimum atomic E-state index is 0.339. The molecule has 1 heterocycles. The van der Waals surface area contributed by atoms with Gasteiger partial charge in [-0.25, -0.2) is 0 Å². The van der Waals surface area contributed by atoms with Crippen molar-refractivity contribution in [3.05, 3.63) is 59.8 Å². The number of dihydropyridines is 1. The van der Waals surface area contributed by atoms with Crippen molar-refractivity contribution in [2.45, 2.75) is 19.4 Å². The van der Waals surface area contributed by atoms with Crippen molar-refractivity contribution in [3.63, 3.8) is 0 Å². The SMILES string of the molecule is CCC1=CNC(c2ccccc2)C=C1. The van der Waals surface area contributed by atoms with E-state index in [4.69, 9.17) is 0 Å². The van der Waals surface area contributed by atoms with E-state index < -0.39 is 0 Å². The van der Waals surface area contributed by atoms with Crippen LogP contribution in [0.2, 0.25) is 0 Å². The van der Waals surface area contributed by atoms with Gasteiger partial charge in [-0.15, -0.1) is 0 Å². The zero-order valence-corrected chi connectivity index (χ0v) is 8.40. The van der Waals surface area contributed by atoms with E-state index in [-0.39, 0.29) is 0 Å². The van der Waals surface area contributed by atoms with Crippen LogP contribution in [0, 0.1) is 0 Å². The largest absolute Gasteiger partial charge is 0.380 e. The Morgan fingerprint density at radius 2 is 2.00 bits per heavy atom. The number of nitrogens with one attached hydrogen (secondary N) is 1. The molecule has 0 aromatic heterocycles. The van der Waals surface area contributed by atoms with Crippen LogP contribution >= 0.6 is 0 Å². The lowest BCUT2D eigenvalue weighted by molar-refractivity contribution is 0.734. The highest BCUT2D eigenvalue weighted by Crippen LogP contribution is 2.19. The van der Waals surface area contributed by atoms with E-state index in [0.717, 1.165) is 6.42 Å². The van der Waals surface area contributed by atoms with Gasteiger partial charge in [0.25, 0.3) is 0 Å². The molecule has 0 fully saturated rings. The summed E-state index contributed by atoms with van der Waals surface area (Å²) >= 11 is 0. The van der Waals surface area contributed by atoms with Crippen molar-refractivity contribution in [1.82, 2.24) is 5.32 Å². The maximum atomic E-state index is 3.39. The fourth-order valence-electron chi connectivity index (χ4n) is 1.61. The Morgan fingerprint density at radius 1 is 1.21 bits per heavy atom. The zero-order chi connectivity index (χ0) is 9.80. The van der Waals surface area contributed by atoms with E-state index in [0.29, 0.717) is 6.04 Å². The molecule has 0 radical (unpaired) electrons. The molecule has 72 valence electrons. The Labute approximate surface area is 85.2 Å². The van der Waals surface area contributed by atoms with Gasteiger partial charge in [-0.1, -0.05) is 49.4 Å². The molecule has 1 atom stereocenters. The fraction of sp³-hybridized carbons (Fsp3) is 0.231. The van der Waals surface area contributed by atoms with Crippen LogP contribution in [0.5, 0.6) is 0 Å². The van der Waals surface area contributed by atoms with E-state index in [1.54, 1.807) is 0 Å². The van der Waals surface area contributed by atoms with Crippen LogP contribution in [-0.2, 0) is 0 Å². The normalized spacial score (nSPS) is 20.1. The van der Waals surface area contributed by atoms with E-state index in [1.165, 1.54) is 11.1 Å². The Kier molecular flexibility index (Phi) is 2.68. The minimum absolute atomic E-state index is 0.339. The summed E-state index contributed by atoms with van der Waals surface area (Å²) < 4.78 is 0. The third-order valence-electron chi connectivity index (χ3n) is 2.52. The van der Waals surface area contributed by atoms with Gasteiger partial charge in [-0.05, 0) is 17.6 Å². The lowest BCUT2D eigenvalue weighted by Gasteiger charge is -2.18. The van der Waals surface area contributed by atoms with Crippen molar-refractivity contribution >= 4 is 0 Å². The van der Waals surface area contributed by atoms with Gasteiger partial charge in [0.05, 0.1) is 6.04 Å². The molecule has 1 aliphatic rings. The topological polar surface area (TPSA) is 12.0 Å². The van der Waals surface area contributed by atoms with Gasteiger partial charge in [-0.3, -0.25) is 0 Å². The molecular formula is C13H15N. The number of allylic oxidation sites excluding steroid dienone is 2. The van der Waals surface area contributed by atoms with Gasteiger partial charge >= 0.3 is 0 Å². The smallest absolute Gasteiger partial charge is 0.0695 e. The van der Waals surface area contributed by atoms with Crippen molar-refractivity contribution in [2.75, 3.05) is 0 Å². The van der Waals surface area contributed by atoms with Crippen molar-refractivity contribution in [3.8, 4) is 0 Å². The van der Waals surface area contributed by atoms with Crippen LogP contribution in [0.25, 0.3) is 0 Å². The summed E-state index contributed by atoms with van der Waals surface area (Å²) in [5, 5.41) is 3.39. The van der Waals surface area contributed by atoms with Gasteiger partial charge in [0.2, 0.25) is 0 Å². The quantitative estimate of drug-likeness (QED) is 0.746. The maximum absolute atomic E-state index is 3.39. The maximum Gasteiger partial charge on any atom is 0.0695 e. The molecule has 1 unspecified atom stereocenters. The van der Waals surface area contributed by atoms with E-state index in [9.17, 15) is 0 Å². The van der Waals surface area contributed by atoms with Crippen molar-refractivity contribution < 1.29 is 0 Å². The second kappa shape index (κ2) is 4.14. The highest BCUT2D eigenvalue weighted by atomic mass is 14.9. The van der Waals surface area contributed by atoms with Gasteiger partial charge in [0.15, 0.2) is 0 Å². The lowest BCUT2D eigenvalue weighted by atomic mass is 10.0. The second-order valence-electron chi connectivity index (χ2n) is 3.49. The van der Waals surface area contributed by atoms with E-state index in [1.807, 2.05) is 6.07 Å². The van der Waals surface area contributed by atoms with Gasteiger partial charge in [0, 0.05) is 6.20 Å². The fourth-order valence-corrected chi connectivity index (χ4v) is 1.61. The molecule has 1 aromatic carbocycles. The summed E-state index contributed by atoms with van der Waals surface area (Å²) in [6.07, 6.45) is 7.62. The van der Waals surface area contributed by atoms with Crippen LogP contribution in [0.3, 0.4) is 0 Å². The number of hydrogen-bond donors (Lipinski definition) is 1. The number of benzene rings is 1. The molecular weight excluding hydrogens is 170 g/mol. The van der Waals surface area contributed by atoms with Crippen molar-refractivity contribution in [1.29, 1.82) is 0 Å². The molecule has 1 N–H and O–H groups in total. The third kappa shape index (κ3) is 1.87. The van der Waals surface area contributed by atoms with E-state index >= 15 is 0 Å². The first-order valence-electron chi connectivity index (χ1n) is 5.08.